The third-order valence-corrected chi connectivity index (χ3v) is 11.2. The van der Waals surface area contributed by atoms with Gasteiger partial charge >= 0.3 is 0 Å². The standard InChI is InChI=1S/C40H44BrN7O5/c1-23(2)42-30(49)22-47-18-20-48(21-19-47)36-34(38(51)46(4)40(36)53)32-25-13-9-11-15-27(25)44-29(32)17-7-5-6-16-28-31(24-12-8-10-14-26(24)43-28)33-35(41)39(52)45(3)37(33)50/h8-15,23,43-44H,5-7,16-22H2,1-4H3,(H,42,49). The molecule has 3 aliphatic rings. The number of fused-ring (bicyclic) bond motifs is 2. The number of piperazine rings is 1. The molecule has 12 nitrogen and oxygen atoms in total. The van der Waals surface area contributed by atoms with Crippen molar-refractivity contribution in [3.8, 4) is 0 Å². The molecule has 3 aliphatic heterocycles. The number of amides is 5. The SMILES string of the molecule is CC(C)NC(=O)CN1CCN(C2=C(c3c(CCCCCc4[nH]c5ccccc5c4C4=C(Br)C(=O)N(C)C4=O)[nH]c4ccccc34)C(=O)N(C)C2=O)CC1. The van der Waals surface area contributed by atoms with Gasteiger partial charge in [0.05, 0.1) is 22.2 Å². The molecule has 13 heteroatoms. The Labute approximate surface area is 316 Å². The fraction of sp³-hybridized carbons (Fsp3) is 0.375. The van der Waals surface area contributed by atoms with Crippen molar-refractivity contribution in [2.24, 2.45) is 0 Å². The number of rotatable bonds is 12. The van der Waals surface area contributed by atoms with Crippen LogP contribution >= 0.6 is 15.9 Å². The highest BCUT2D eigenvalue weighted by Gasteiger charge is 2.42. The third kappa shape index (κ3) is 6.72. The van der Waals surface area contributed by atoms with E-state index in [0.717, 1.165) is 68.5 Å². The lowest BCUT2D eigenvalue weighted by Gasteiger charge is -2.36. The number of aromatic amines is 2. The number of hydrogen-bond acceptors (Lipinski definition) is 7. The molecule has 53 heavy (non-hydrogen) atoms. The average molecular weight is 783 g/mol. The predicted molar refractivity (Wildman–Crippen MR) is 207 cm³/mol. The highest BCUT2D eigenvalue weighted by Crippen LogP contribution is 2.40. The number of H-pyrrole nitrogens is 2. The number of unbranched alkanes of at least 4 members (excludes halogenated alkanes) is 2. The fourth-order valence-electron chi connectivity index (χ4n) is 7.79. The molecule has 0 spiro atoms. The normalized spacial score (nSPS) is 17.4. The summed E-state index contributed by atoms with van der Waals surface area (Å²) >= 11 is 3.40. The molecule has 2 aromatic heterocycles. The number of hydrogen-bond donors (Lipinski definition) is 3. The monoisotopic (exact) mass is 781 g/mol. The summed E-state index contributed by atoms with van der Waals surface area (Å²) in [6.07, 6.45) is 3.85. The van der Waals surface area contributed by atoms with Gasteiger partial charge < -0.3 is 20.2 Å². The number of para-hydroxylation sites is 2. The summed E-state index contributed by atoms with van der Waals surface area (Å²) in [5.74, 6) is -1.32. The van der Waals surface area contributed by atoms with Crippen LogP contribution in [0.1, 0.15) is 55.6 Å². The largest absolute Gasteiger partial charge is 0.364 e. The van der Waals surface area contributed by atoms with Crippen molar-refractivity contribution in [2.75, 3.05) is 46.8 Å². The lowest BCUT2D eigenvalue weighted by atomic mass is 9.96. The van der Waals surface area contributed by atoms with Crippen molar-refractivity contribution in [1.29, 1.82) is 0 Å². The van der Waals surface area contributed by atoms with Crippen molar-refractivity contribution >= 4 is 78.4 Å². The number of benzene rings is 2. The Morgan fingerprint density at radius 2 is 1.23 bits per heavy atom. The molecule has 7 rings (SSSR count). The maximum atomic E-state index is 13.9. The number of nitrogens with one attached hydrogen (secondary N) is 3. The molecule has 4 aromatic rings. The fourth-order valence-corrected chi connectivity index (χ4v) is 8.43. The molecule has 1 saturated heterocycles. The number of carbonyl (C=O) groups excluding carboxylic acids is 5. The molecule has 0 bridgehead atoms. The van der Waals surface area contributed by atoms with Gasteiger partial charge in [-0.1, -0.05) is 42.8 Å². The molecule has 0 atom stereocenters. The number of likely N-dealkylation sites (N-methyl/N-ethyl adjacent to an activating group) is 2. The first-order valence-electron chi connectivity index (χ1n) is 18.2. The Hall–Kier alpha value is -5.01. The zero-order valence-electron chi connectivity index (χ0n) is 30.5. The molecule has 3 N–H and O–H groups in total. The van der Waals surface area contributed by atoms with Crippen LogP contribution in [-0.2, 0) is 36.8 Å². The van der Waals surface area contributed by atoms with E-state index in [4.69, 9.17) is 0 Å². The van der Waals surface area contributed by atoms with Crippen molar-refractivity contribution in [3.05, 3.63) is 81.2 Å². The molecule has 0 saturated carbocycles. The molecule has 2 aromatic carbocycles. The topological polar surface area (TPSA) is 142 Å². The molecular weight excluding hydrogens is 738 g/mol. The number of halogens is 1. The summed E-state index contributed by atoms with van der Waals surface area (Å²) < 4.78 is 0.275. The summed E-state index contributed by atoms with van der Waals surface area (Å²) in [6.45, 7) is 6.41. The van der Waals surface area contributed by atoms with Crippen LogP contribution < -0.4 is 5.32 Å². The van der Waals surface area contributed by atoms with E-state index in [1.807, 2.05) is 67.3 Å². The number of carbonyl (C=O) groups is 5. The van der Waals surface area contributed by atoms with Gasteiger partial charge in [0.25, 0.3) is 23.6 Å². The van der Waals surface area contributed by atoms with E-state index in [1.54, 1.807) is 7.05 Å². The first kappa shape index (κ1) is 36.4. The smallest absolute Gasteiger partial charge is 0.277 e. The van der Waals surface area contributed by atoms with Crippen molar-refractivity contribution in [2.45, 2.75) is 52.0 Å². The van der Waals surface area contributed by atoms with Gasteiger partial charge in [-0.25, -0.2) is 0 Å². The van der Waals surface area contributed by atoms with Crippen LogP contribution in [0.4, 0.5) is 0 Å². The van der Waals surface area contributed by atoms with Crippen LogP contribution in [-0.4, -0.2) is 112 Å². The van der Waals surface area contributed by atoms with E-state index in [-0.39, 0.29) is 40.1 Å². The number of imide groups is 2. The summed E-state index contributed by atoms with van der Waals surface area (Å²) in [6, 6.07) is 15.8. The van der Waals surface area contributed by atoms with Crippen LogP contribution in [0.5, 0.6) is 0 Å². The van der Waals surface area contributed by atoms with Gasteiger partial charge in [0, 0.05) is 90.6 Å². The van der Waals surface area contributed by atoms with E-state index >= 15 is 0 Å². The van der Waals surface area contributed by atoms with E-state index in [0.29, 0.717) is 62.4 Å². The third-order valence-electron chi connectivity index (χ3n) is 10.4. The summed E-state index contributed by atoms with van der Waals surface area (Å²) in [4.78, 5) is 79.3. The van der Waals surface area contributed by atoms with Gasteiger partial charge in [-0.2, -0.15) is 0 Å². The van der Waals surface area contributed by atoms with Crippen LogP contribution in [0, 0.1) is 0 Å². The number of aryl methyl sites for hydroxylation is 2. The Morgan fingerprint density at radius 3 is 1.75 bits per heavy atom. The van der Waals surface area contributed by atoms with Gasteiger partial charge in [0.1, 0.15) is 5.70 Å². The minimum Gasteiger partial charge on any atom is -0.364 e. The zero-order valence-corrected chi connectivity index (χ0v) is 32.1. The lowest BCUT2D eigenvalue weighted by Crippen LogP contribution is -2.50. The van der Waals surface area contributed by atoms with Crippen molar-refractivity contribution in [1.82, 2.24) is 34.9 Å². The lowest BCUT2D eigenvalue weighted by molar-refractivity contribution is -0.137. The molecule has 1 fully saturated rings. The van der Waals surface area contributed by atoms with Crippen LogP contribution in [0.2, 0.25) is 0 Å². The highest BCUT2D eigenvalue weighted by molar-refractivity contribution is 9.12. The van der Waals surface area contributed by atoms with Gasteiger partial charge in [-0.3, -0.25) is 38.7 Å². The van der Waals surface area contributed by atoms with E-state index in [9.17, 15) is 24.0 Å². The van der Waals surface area contributed by atoms with Gasteiger partial charge in [-0.15, -0.1) is 0 Å². The minimum atomic E-state index is -0.351. The summed E-state index contributed by atoms with van der Waals surface area (Å²) in [7, 11) is 3.04. The summed E-state index contributed by atoms with van der Waals surface area (Å²) in [5.41, 5.74) is 6.42. The Morgan fingerprint density at radius 1 is 0.717 bits per heavy atom. The molecule has 5 heterocycles. The first-order valence-corrected chi connectivity index (χ1v) is 19.0. The molecule has 0 unspecified atom stereocenters. The second-order valence-electron chi connectivity index (χ2n) is 14.3. The van der Waals surface area contributed by atoms with Gasteiger partial charge in [-0.05, 0) is 67.6 Å². The molecule has 0 radical (unpaired) electrons. The maximum absolute atomic E-state index is 13.9. The number of aromatic nitrogens is 2. The summed E-state index contributed by atoms with van der Waals surface area (Å²) in [5, 5.41) is 4.74. The Balaban J connectivity index is 1.11. The number of nitrogens with zero attached hydrogens (tertiary/aromatic N) is 4. The van der Waals surface area contributed by atoms with Gasteiger partial charge in [0.2, 0.25) is 5.91 Å². The quantitative estimate of drug-likeness (QED) is 0.141. The Kier molecular flexibility index (Phi) is 10.1. The maximum Gasteiger partial charge on any atom is 0.277 e. The highest BCUT2D eigenvalue weighted by atomic mass is 79.9. The molecule has 5 amide bonds. The van der Waals surface area contributed by atoms with E-state index in [1.165, 1.54) is 11.9 Å². The Bertz CT molecular complexity index is 2220. The zero-order chi connectivity index (χ0) is 37.6. The van der Waals surface area contributed by atoms with E-state index in [2.05, 4.69) is 36.1 Å². The van der Waals surface area contributed by atoms with Crippen LogP contribution in [0.3, 0.4) is 0 Å². The van der Waals surface area contributed by atoms with Crippen LogP contribution in [0.15, 0.2) is 58.7 Å². The molecular formula is C40H44BrN7O5. The molecule has 0 aliphatic carbocycles. The molecule has 276 valence electrons. The van der Waals surface area contributed by atoms with Crippen LogP contribution in [0.25, 0.3) is 33.0 Å². The second-order valence-corrected chi connectivity index (χ2v) is 15.1. The second kappa shape index (κ2) is 14.8. The first-order chi connectivity index (χ1) is 25.5. The van der Waals surface area contributed by atoms with E-state index < -0.39 is 0 Å². The minimum absolute atomic E-state index is 0.0240. The van der Waals surface area contributed by atoms with Crippen molar-refractivity contribution < 1.29 is 24.0 Å². The predicted octanol–water partition coefficient (Wildman–Crippen LogP) is 4.56. The average Bonchev–Trinajstić information content (AvgIpc) is 3.80. The van der Waals surface area contributed by atoms with Crippen molar-refractivity contribution in [3.63, 3.8) is 0 Å². The van der Waals surface area contributed by atoms with Gasteiger partial charge in [0.15, 0.2) is 0 Å².